The molecule has 1 aromatic heterocycles. The number of aryl methyl sites for hydroxylation is 1. The van der Waals surface area contributed by atoms with Gasteiger partial charge in [0.2, 0.25) is 0 Å². The average Bonchev–Trinajstić information content (AvgIpc) is 2.38. The number of aromatic nitrogens is 1. The number of carboxylic acid groups (broad SMARTS) is 1. The van der Waals surface area contributed by atoms with E-state index in [9.17, 15) is 9.90 Å². The van der Waals surface area contributed by atoms with Gasteiger partial charge in [0.25, 0.3) is 0 Å². The lowest BCUT2D eigenvalue weighted by molar-refractivity contribution is 0.0696. The predicted molar refractivity (Wildman–Crippen MR) is 79.3 cm³/mol. The highest BCUT2D eigenvalue weighted by molar-refractivity contribution is 5.88. The molecule has 5 nitrogen and oxygen atoms in total. The molecule has 5 heteroatoms. The van der Waals surface area contributed by atoms with Crippen LogP contribution in [0.5, 0.6) is 0 Å². The predicted octanol–water partition coefficient (Wildman–Crippen LogP) is 2.24. The Labute approximate surface area is 120 Å². The molecule has 2 N–H and O–H groups in total. The maximum Gasteiger partial charge on any atom is 0.335 e. The Kier molecular flexibility index (Phi) is 4.95. The van der Waals surface area contributed by atoms with E-state index in [2.05, 4.69) is 29.2 Å². The molecule has 0 radical (unpaired) electrons. The minimum atomic E-state index is -0.895. The molecule has 1 unspecified atom stereocenters. The van der Waals surface area contributed by atoms with E-state index >= 15 is 0 Å². The van der Waals surface area contributed by atoms with Crippen molar-refractivity contribution in [3.63, 3.8) is 0 Å². The van der Waals surface area contributed by atoms with Crippen molar-refractivity contribution >= 4 is 11.8 Å². The number of likely N-dealkylation sites (tertiary alicyclic amines) is 1. The monoisotopic (exact) mass is 277 g/mol. The van der Waals surface area contributed by atoms with Crippen molar-refractivity contribution < 1.29 is 9.90 Å². The number of aromatic carboxylic acids is 1. The molecule has 0 spiro atoms. The van der Waals surface area contributed by atoms with E-state index in [0.717, 1.165) is 44.5 Å². The summed E-state index contributed by atoms with van der Waals surface area (Å²) < 4.78 is 0. The summed E-state index contributed by atoms with van der Waals surface area (Å²) in [7, 11) is 2.11. The first-order chi connectivity index (χ1) is 9.58. The number of hydrogen-bond donors (Lipinski definition) is 2. The Morgan fingerprint density at radius 1 is 1.55 bits per heavy atom. The number of pyridine rings is 1. The second-order valence-electron chi connectivity index (χ2n) is 5.53. The van der Waals surface area contributed by atoms with E-state index in [4.69, 9.17) is 0 Å². The van der Waals surface area contributed by atoms with Crippen LogP contribution in [0.15, 0.2) is 12.1 Å². The number of hydrogen-bond acceptors (Lipinski definition) is 4. The molecule has 0 aliphatic carbocycles. The zero-order valence-electron chi connectivity index (χ0n) is 12.2. The van der Waals surface area contributed by atoms with Crippen LogP contribution in [0, 0.1) is 0 Å². The van der Waals surface area contributed by atoms with E-state index in [0.29, 0.717) is 17.4 Å². The fourth-order valence-corrected chi connectivity index (χ4v) is 2.66. The van der Waals surface area contributed by atoms with E-state index in [1.807, 2.05) is 0 Å². The lowest BCUT2D eigenvalue weighted by atomic mass is 10.1. The first-order valence-corrected chi connectivity index (χ1v) is 7.28. The highest BCUT2D eigenvalue weighted by Crippen LogP contribution is 2.17. The Balaban J connectivity index is 2.14. The Morgan fingerprint density at radius 3 is 3.00 bits per heavy atom. The third-order valence-electron chi connectivity index (χ3n) is 3.61. The van der Waals surface area contributed by atoms with Gasteiger partial charge in [-0.2, -0.15) is 0 Å². The van der Waals surface area contributed by atoms with Crippen molar-refractivity contribution in [3.8, 4) is 0 Å². The molecule has 1 aliphatic heterocycles. The fraction of sp³-hybridized carbons (Fsp3) is 0.600. The average molecular weight is 277 g/mol. The fourth-order valence-electron chi connectivity index (χ4n) is 2.66. The standard InChI is InChI=1S/C15H23N3O2/c1-3-5-12-8-11(15(19)20)9-14(16-12)17-13-6-4-7-18(2)10-13/h8-9,13H,3-7,10H2,1-2H3,(H,16,17)(H,19,20). The van der Waals surface area contributed by atoms with Crippen LogP contribution in [0.3, 0.4) is 0 Å². The second kappa shape index (κ2) is 6.70. The third kappa shape index (κ3) is 3.93. The molecule has 2 heterocycles. The molecule has 110 valence electrons. The first kappa shape index (κ1) is 14.8. The minimum absolute atomic E-state index is 0.315. The van der Waals surface area contributed by atoms with E-state index in [-0.39, 0.29) is 0 Å². The van der Waals surface area contributed by atoms with Gasteiger partial charge in [0.15, 0.2) is 0 Å². The van der Waals surface area contributed by atoms with Crippen LogP contribution in [0.2, 0.25) is 0 Å². The van der Waals surface area contributed by atoms with Gasteiger partial charge in [0.1, 0.15) is 5.82 Å². The summed E-state index contributed by atoms with van der Waals surface area (Å²) in [5.41, 5.74) is 1.16. The number of carbonyl (C=O) groups is 1. The molecular formula is C15H23N3O2. The van der Waals surface area contributed by atoms with E-state index in [1.54, 1.807) is 12.1 Å². The molecule has 1 saturated heterocycles. The van der Waals surface area contributed by atoms with Gasteiger partial charge >= 0.3 is 5.97 Å². The van der Waals surface area contributed by atoms with E-state index in [1.165, 1.54) is 0 Å². The molecule has 1 fully saturated rings. The number of rotatable bonds is 5. The topological polar surface area (TPSA) is 65.5 Å². The first-order valence-electron chi connectivity index (χ1n) is 7.28. The molecule has 1 aromatic rings. The largest absolute Gasteiger partial charge is 0.478 e. The van der Waals surface area contributed by atoms with Crippen molar-refractivity contribution in [2.24, 2.45) is 0 Å². The Morgan fingerprint density at radius 2 is 2.35 bits per heavy atom. The van der Waals surface area contributed by atoms with Crippen LogP contribution >= 0.6 is 0 Å². The SMILES string of the molecule is CCCc1cc(C(=O)O)cc(NC2CCCN(C)C2)n1. The number of nitrogens with zero attached hydrogens (tertiary/aromatic N) is 2. The van der Waals surface area contributed by atoms with Crippen LogP contribution in [-0.2, 0) is 6.42 Å². The third-order valence-corrected chi connectivity index (χ3v) is 3.61. The molecule has 0 amide bonds. The molecule has 0 aromatic carbocycles. The van der Waals surface area contributed by atoms with Gasteiger partial charge in [-0.25, -0.2) is 9.78 Å². The molecule has 0 saturated carbocycles. The van der Waals surface area contributed by atoms with Gasteiger partial charge in [-0.1, -0.05) is 13.3 Å². The van der Waals surface area contributed by atoms with Crippen molar-refractivity contribution in [1.29, 1.82) is 0 Å². The summed E-state index contributed by atoms with van der Waals surface area (Å²) in [5.74, 6) is -0.206. The van der Waals surface area contributed by atoms with Gasteiger partial charge in [-0.3, -0.25) is 0 Å². The summed E-state index contributed by atoms with van der Waals surface area (Å²) in [6, 6.07) is 3.65. The molecule has 0 bridgehead atoms. The molecule has 1 atom stereocenters. The minimum Gasteiger partial charge on any atom is -0.478 e. The second-order valence-corrected chi connectivity index (χ2v) is 5.53. The molecule has 2 rings (SSSR count). The number of piperidine rings is 1. The number of nitrogens with one attached hydrogen (secondary N) is 1. The molecule has 1 aliphatic rings. The zero-order valence-corrected chi connectivity index (χ0v) is 12.2. The van der Waals surface area contributed by atoms with Crippen molar-refractivity contribution in [3.05, 3.63) is 23.4 Å². The van der Waals surface area contributed by atoms with Crippen LogP contribution in [0.4, 0.5) is 5.82 Å². The van der Waals surface area contributed by atoms with Gasteiger partial charge in [-0.05, 0) is 45.0 Å². The molecular weight excluding hydrogens is 254 g/mol. The van der Waals surface area contributed by atoms with Gasteiger partial charge < -0.3 is 15.3 Å². The van der Waals surface area contributed by atoms with Crippen molar-refractivity contribution in [2.75, 3.05) is 25.5 Å². The number of likely N-dealkylation sites (N-methyl/N-ethyl adjacent to an activating group) is 1. The molecule has 20 heavy (non-hydrogen) atoms. The lowest BCUT2D eigenvalue weighted by Gasteiger charge is -2.30. The van der Waals surface area contributed by atoms with Crippen LogP contribution < -0.4 is 5.32 Å². The Hall–Kier alpha value is -1.62. The van der Waals surface area contributed by atoms with E-state index < -0.39 is 5.97 Å². The highest BCUT2D eigenvalue weighted by Gasteiger charge is 2.18. The smallest absolute Gasteiger partial charge is 0.335 e. The normalized spacial score (nSPS) is 19.8. The summed E-state index contributed by atoms with van der Waals surface area (Å²) in [4.78, 5) is 18.0. The number of carboxylic acids is 1. The van der Waals surface area contributed by atoms with Gasteiger partial charge in [-0.15, -0.1) is 0 Å². The van der Waals surface area contributed by atoms with Crippen LogP contribution in [0.25, 0.3) is 0 Å². The summed E-state index contributed by atoms with van der Waals surface area (Å²) in [5, 5.41) is 12.6. The maximum absolute atomic E-state index is 11.2. The van der Waals surface area contributed by atoms with Gasteiger partial charge in [0, 0.05) is 18.3 Å². The van der Waals surface area contributed by atoms with Crippen LogP contribution in [0.1, 0.15) is 42.2 Å². The quantitative estimate of drug-likeness (QED) is 0.864. The van der Waals surface area contributed by atoms with Crippen LogP contribution in [-0.4, -0.2) is 47.1 Å². The highest BCUT2D eigenvalue weighted by atomic mass is 16.4. The summed E-state index contributed by atoms with van der Waals surface area (Å²) in [6.07, 6.45) is 4.03. The zero-order chi connectivity index (χ0) is 14.5. The maximum atomic E-state index is 11.2. The summed E-state index contributed by atoms with van der Waals surface area (Å²) in [6.45, 7) is 4.17. The van der Waals surface area contributed by atoms with Gasteiger partial charge in [0.05, 0.1) is 5.56 Å². The number of anilines is 1. The van der Waals surface area contributed by atoms with Crippen molar-refractivity contribution in [1.82, 2.24) is 9.88 Å². The summed E-state index contributed by atoms with van der Waals surface area (Å²) >= 11 is 0. The lowest BCUT2D eigenvalue weighted by Crippen LogP contribution is -2.40. The van der Waals surface area contributed by atoms with Crippen molar-refractivity contribution in [2.45, 2.75) is 38.6 Å². The Bertz CT molecular complexity index is 476.